The maximum Gasteiger partial charge on any atom is 0.418 e. The molecule has 2 atom stereocenters. The molecule has 41 heteroatoms. The van der Waals surface area contributed by atoms with E-state index in [2.05, 4.69) is 120 Å². The molecule has 3 aromatic carbocycles. The molecule has 36 nitrogen and oxygen atoms in total. The van der Waals surface area contributed by atoms with Crippen LogP contribution in [0.4, 0.5) is 53.9 Å². The number of aryl methyl sites for hydroxylation is 3. The van der Waals surface area contributed by atoms with Crippen molar-refractivity contribution < 1.29 is 52.0 Å². The van der Waals surface area contributed by atoms with E-state index in [9.17, 15) is 37.9 Å². The molecule has 0 unspecified atom stereocenters. The number of aliphatic hydroxyl groups excluding tert-OH is 1. The lowest BCUT2D eigenvalue weighted by atomic mass is 9.93. The number of imidazole rings is 1. The summed E-state index contributed by atoms with van der Waals surface area (Å²) < 4.78 is 66.2. The highest BCUT2D eigenvalue weighted by molar-refractivity contribution is 7.19. The number of piperidine rings is 1. The summed E-state index contributed by atoms with van der Waals surface area (Å²) in [6, 6.07) is 37.4. The summed E-state index contributed by atoms with van der Waals surface area (Å²) in [4.78, 5) is 97.4. The number of methoxy groups -OCH3 is 2. The lowest BCUT2D eigenvalue weighted by Crippen LogP contribution is -2.44. The van der Waals surface area contributed by atoms with Crippen molar-refractivity contribution in [3.63, 3.8) is 0 Å². The number of aromatic nitrogens is 17. The van der Waals surface area contributed by atoms with E-state index < -0.39 is 28.9 Å². The van der Waals surface area contributed by atoms with Crippen LogP contribution < -0.4 is 60.9 Å². The standard InChI is InChI=1S/C28H25F3N6O2.C26H31N7OS.C23H24N8O4S.C21H28N6O2/c1-35-24-16-33-22-6-3-17(18-4-8-25(39-2)34-15-18)13-20(22)26(24)37(27(35)38)19-5-7-23(21(14-19)28(29,30)31)36-11-9-32-10-12-36;1-16-27-20-11-12-35-22(20)25(28-16)29-24-19-15-33(26(2,3)23(19)30-31-24)21(34)13-18(14-32(4)5)17-9-7-6-8-10-17;1-30(23-25-11-15(12-26-23)22(32)29-33)13-16-9-17-19(36-16)21(31-5-7-35-8-6-31)28-20(27-17)14-3-4-18(34-2)24-10-14;1-2-17-14-23-27-19(22-13-16-6-5-9-25(29)15-16)12-20(24-21(17)27)26-10-4-3-7-18(26)8-11-28/h3-8,13-16,32H,9-12H2,1-2H3;6-12,18H,13-15H2,1-5H3,(H2,27,28,29,30,31);3-4,9-12,33H,5-8,13H2,1-2H3,(H,29,32);5-6,9,12,14-15,18,22,28H,2-4,7-8,10-11,13H2,1H3/t;18-;;18-/m.1.0/s1. The quantitative estimate of drug-likeness (QED) is 0.0121. The zero-order valence-corrected chi connectivity index (χ0v) is 80.2. The van der Waals surface area contributed by atoms with Crippen LogP contribution in [0.5, 0.6) is 11.8 Å². The Kier molecular flexibility index (Phi) is 29.2. The number of benzene rings is 3. The molecule has 0 bridgehead atoms. The molecule has 17 heterocycles. The van der Waals surface area contributed by atoms with Gasteiger partial charge >= 0.3 is 11.9 Å². The molecule has 139 heavy (non-hydrogen) atoms. The fourth-order valence-electron chi connectivity index (χ4n) is 18.0. The Morgan fingerprint density at radius 2 is 1.54 bits per heavy atom. The number of hydrogen-bond acceptors (Lipinski definition) is 31. The number of nitrogens with one attached hydrogen (secondary N) is 5. The molecule has 13 aromatic heterocycles. The van der Waals surface area contributed by atoms with Gasteiger partial charge in [0.2, 0.25) is 23.6 Å². The van der Waals surface area contributed by atoms with Crippen LogP contribution in [-0.2, 0) is 54.3 Å². The first kappa shape index (κ1) is 96.2. The Hall–Kier alpha value is -14.5. The predicted octanol–water partition coefficient (Wildman–Crippen LogP) is 13.6. The van der Waals surface area contributed by atoms with Crippen LogP contribution in [0.3, 0.4) is 0 Å². The second kappa shape index (κ2) is 42.2. The summed E-state index contributed by atoms with van der Waals surface area (Å²) in [5.74, 6) is 6.46. The molecule has 3 saturated heterocycles. The van der Waals surface area contributed by atoms with Gasteiger partial charge in [-0.15, -0.1) is 22.7 Å². The minimum absolute atomic E-state index is 0.113. The lowest BCUT2D eigenvalue weighted by Gasteiger charge is -2.36. The van der Waals surface area contributed by atoms with Crippen LogP contribution in [-0.4, -0.2) is 224 Å². The molecule has 20 rings (SSSR count). The van der Waals surface area contributed by atoms with E-state index in [1.807, 2.05) is 121 Å². The van der Waals surface area contributed by atoms with E-state index in [0.717, 1.165) is 156 Å². The molecule has 0 aliphatic carbocycles. The largest absolute Gasteiger partial charge is 0.619 e. The first-order valence-electron chi connectivity index (χ1n) is 45.8. The zero-order valence-electron chi connectivity index (χ0n) is 78.6. The van der Waals surface area contributed by atoms with Crippen LogP contribution in [0, 0.1) is 12.1 Å². The van der Waals surface area contributed by atoms with E-state index in [0.29, 0.717) is 129 Å². The van der Waals surface area contributed by atoms with E-state index in [-0.39, 0.29) is 35.4 Å². The fourth-order valence-corrected chi connectivity index (χ4v) is 19.9. The van der Waals surface area contributed by atoms with Crippen LogP contribution in [0.2, 0.25) is 0 Å². The number of piperazine rings is 1. The van der Waals surface area contributed by atoms with Crippen molar-refractivity contribution in [1.82, 2.24) is 99.4 Å². The monoisotopic (exact) mass is 1930 g/mol. The topological polar surface area (TPSA) is 399 Å². The van der Waals surface area contributed by atoms with E-state index in [1.54, 1.807) is 96.3 Å². The molecule has 3 fully saturated rings. The van der Waals surface area contributed by atoms with Crippen LogP contribution in [0.1, 0.15) is 113 Å². The number of H-pyrrole nitrogens is 1. The number of ether oxygens (including phenoxy) is 3. The van der Waals surface area contributed by atoms with Crippen LogP contribution in [0.25, 0.3) is 76.2 Å². The van der Waals surface area contributed by atoms with Crippen molar-refractivity contribution in [3.8, 4) is 40.0 Å². The molecule has 2 amide bonds. The highest BCUT2D eigenvalue weighted by atomic mass is 32.1. The van der Waals surface area contributed by atoms with Gasteiger partial charge in [-0.3, -0.25) is 34.0 Å². The normalized spacial score (nSPS) is 15.0. The van der Waals surface area contributed by atoms with Crippen LogP contribution >= 0.6 is 22.7 Å². The lowest BCUT2D eigenvalue weighted by molar-refractivity contribution is -0.605. The molecule has 0 radical (unpaired) electrons. The molecular weight excluding hydrogens is 1820 g/mol. The number of fused-ring (bicyclic) bond motifs is 7. The molecule has 0 spiro atoms. The maximum absolute atomic E-state index is 14.3. The number of aromatic amines is 1. The maximum atomic E-state index is 14.3. The van der Waals surface area contributed by atoms with E-state index in [1.165, 1.54) is 52.9 Å². The molecule has 0 saturated carbocycles. The van der Waals surface area contributed by atoms with Crippen molar-refractivity contribution in [2.75, 3.05) is 138 Å². The van der Waals surface area contributed by atoms with Gasteiger partial charge in [0, 0.05) is 191 Å². The zero-order chi connectivity index (χ0) is 97.3. The van der Waals surface area contributed by atoms with Gasteiger partial charge < -0.3 is 69.9 Å². The third-order valence-electron chi connectivity index (χ3n) is 25.1. The summed E-state index contributed by atoms with van der Waals surface area (Å²) >= 11 is 3.22. The predicted molar refractivity (Wildman–Crippen MR) is 529 cm³/mol. The number of nitrogens with zero attached hydrogens (tertiary/aromatic N) is 22. The van der Waals surface area contributed by atoms with Crippen molar-refractivity contribution in [2.45, 2.75) is 110 Å². The summed E-state index contributed by atoms with van der Waals surface area (Å²) in [5.41, 5.74) is 12.1. The number of carbonyl (C=O) groups is 2. The Morgan fingerprint density at radius 1 is 0.784 bits per heavy atom. The van der Waals surface area contributed by atoms with Crippen molar-refractivity contribution >= 4 is 123 Å². The number of thiophene rings is 2. The number of hydrogen-bond donors (Lipinski definition) is 7. The first-order valence-corrected chi connectivity index (χ1v) is 47.5. The average molecular weight is 1930 g/mol. The number of likely N-dealkylation sites (N-methyl/N-ethyl adjacent to an activating group) is 1. The van der Waals surface area contributed by atoms with Crippen LogP contribution in [0.15, 0.2) is 181 Å². The summed E-state index contributed by atoms with van der Waals surface area (Å²) in [6.07, 6.45) is 13.5. The number of alkyl halides is 3. The molecule has 4 aliphatic heterocycles. The van der Waals surface area contributed by atoms with E-state index >= 15 is 0 Å². The number of amides is 2. The molecule has 16 aromatic rings. The first-order chi connectivity index (χ1) is 67.2. The number of anilines is 7. The molecule has 7 N–H and O–H groups in total. The SMILES string of the molecule is CCc1cnn2c(NCc3ccc[n+]([O-])c3)cc(N3CCCC[C@H]3CCO)nc12.COc1ccc(-c2ccc3ncc4c(c3c2)n(-c2ccc(N3CCNCC3)c(C(F)(F)F)c2)c(=O)n4C)cn1.COc1ccc(-c2nc(N3CCOCC3)c3sc(CN(C)c4ncc(C(=O)NO)cn4)cc3n2)cn1.Cc1nc(Nc2n[nH]c3c2CN(C(=O)C[C@H](CN(C)C)c2ccccc2)C3(C)C)c2sccc2n1. The smallest absolute Gasteiger partial charge is 0.418 e. The summed E-state index contributed by atoms with van der Waals surface area (Å²) in [6.45, 7) is 16.6. The van der Waals surface area contributed by atoms with Crippen molar-refractivity contribution in [2.24, 2.45) is 7.05 Å². The van der Waals surface area contributed by atoms with Gasteiger partial charge in [0.05, 0.1) is 118 Å². The van der Waals surface area contributed by atoms with Gasteiger partial charge in [-0.25, -0.2) is 55.1 Å². The highest BCUT2D eigenvalue weighted by Crippen LogP contribution is 2.45. The third-order valence-corrected chi connectivity index (χ3v) is 27.1. The third kappa shape index (κ3) is 21.2. The van der Waals surface area contributed by atoms with Gasteiger partial charge in [-0.05, 0) is 144 Å². The number of halogens is 3. The minimum atomic E-state index is -4.59. The number of pyridine rings is 4. The molecular formula is C98H108F3N27O9S2. The Balaban J connectivity index is 0.000000129. The number of aliphatic hydroxyl groups is 1. The number of rotatable bonds is 25. The summed E-state index contributed by atoms with van der Waals surface area (Å²) in [7, 11) is 10.7. The number of carbonyl (C=O) groups excluding carboxylic acids is 2. The Labute approximate surface area is 806 Å². The van der Waals surface area contributed by atoms with Crippen molar-refractivity contribution in [3.05, 3.63) is 242 Å². The van der Waals surface area contributed by atoms with Gasteiger partial charge in [0.25, 0.3) is 5.91 Å². The highest BCUT2D eigenvalue weighted by Gasteiger charge is 2.45. The van der Waals surface area contributed by atoms with Gasteiger partial charge in [0.1, 0.15) is 17.5 Å². The average Bonchev–Trinajstić information content (AvgIpc) is 1.59. The number of morpholine rings is 1. The molecule has 4 aliphatic rings. The minimum Gasteiger partial charge on any atom is -0.619 e. The molecule has 722 valence electrons. The van der Waals surface area contributed by atoms with Gasteiger partial charge in [0.15, 0.2) is 41.3 Å². The number of hydroxylamine groups is 1. The Morgan fingerprint density at radius 3 is 2.24 bits per heavy atom. The van der Waals surface area contributed by atoms with Crippen molar-refractivity contribution in [1.29, 1.82) is 0 Å². The fraction of sp³-hybridized carbons (Fsp3) is 0.347. The Bertz CT molecular complexity index is 7110. The van der Waals surface area contributed by atoms with E-state index in [4.69, 9.17) is 34.4 Å². The summed E-state index contributed by atoms with van der Waals surface area (Å²) in [5, 5.41) is 54.7. The second-order valence-corrected chi connectivity index (χ2v) is 37.0. The van der Waals surface area contributed by atoms with Gasteiger partial charge in [-0.2, -0.15) is 32.6 Å². The second-order valence-electron chi connectivity index (χ2n) is 34.9. The van der Waals surface area contributed by atoms with Gasteiger partial charge in [-0.1, -0.05) is 43.3 Å².